The van der Waals surface area contributed by atoms with Gasteiger partial charge >= 0.3 is 0 Å². The fourth-order valence-electron chi connectivity index (χ4n) is 4.49. The summed E-state index contributed by atoms with van der Waals surface area (Å²) >= 11 is 0. The second-order valence-electron chi connectivity index (χ2n) is 9.93. The van der Waals surface area contributed by atoms with Crippen LogP contribution < -0.4 is 10.1 Å². The van der Waals surface area contributed by atoms with Crippen LogP contribution in [-0.2, 0) is 0 Å². The van der Waals surface area contributed by atoms with Crippen molar-refractivity contribution >= 4 is 19.3 Å². The lowest BCUT2D eigenvalue weighted by molar-refractivity contribution is 0.205. The van der Waals surface area contributed by atoms with Crippen LogP contribution in [0.5, 0.6) is 5.75 Å². The lowest BCUT2D eigenvalue weighted by atomic mass is 9.80. The summed E-state index contributed by atoms with van der Waals surface area (Å²) in [6, 6.07) is 10.7. The lowest BCUT2D eigenvalue weighted by Crippen LogP contribution is -2.32. The van der Waals surface area contributed by atoms with Gasteiger partial charge in [-0.1, -0.05) is 49.8 Å². The Balaban J connectivity index is 1.99. The van der Waals surface area contributed by atoms with Gasteiger partial charge in [-0.3, -0.25) is 0 Å². The molecule has 0 saturated carbocycles. The normalized spacial score (nSPS) is 18.3. The third kappa shape index (κ3) is 3.73. The van der Waals surface area contributed by atoms with E-state index in [4.69, 9.17) is 4.74 Å². The summed E-state index contributed by atoms with van der Waals surface area (Å²) in [6.45, 7) is 17.4. The Morgan fingerprint density at radius 1 is 1.17 bits per heavy atom. The number of benzene rings is 2. The molecule has 154 valence electrons. The van der Waals surface area contributed by atoms with Gasteiger partial charge in [0.2, 0.25) is 0 Å². The Morgan fingerprint density at radius 2 is 1.93 bits per heavy atom. The minimum absolute atomic E-state index is 0.0495. The molecule has 4 rings (SSSR count). The Kier molecular flexibility index (Phi) is 4.95. The highest BCUT2D eigenvalue weighted by molar-refractivity contribution is 6.83. The molecule has 0 spiro atoms. The predicted octanol–water partition coefficient (Wildman–Crippen LogP) is 7.20. The van der Waals surface area contributed by atoms with Crippen LogP contribution in [0.3, 0.4) is 0 Å². The van der Waals surface area contributed by atoms with Crippen molar-refractivity contribution in [2.45, 2.75) is 58.5 Å². The number of hydrogen-bond donors (Lipinski definition) is 1. The molecule has 2 heterocycles. The Bertz CT molecular complexity index is 1120. The summed E-state index contributed by atoms with van der Waals surface area (Å²) in [5.74, 6) is 4.41. The van der Waals surface area contributed by atoms with Crippen LogP contribution in [0.4, 0.5) is 5.69 Å². The SMILES string of the molecule is C=CCC1Oc2cccc(C#C[Si](C)(C)C)c2-c2ccc3c(c21)C(C)=CC(C)(C)N3. The van der Waals surface area contributed by atoms with Gasteiger partial charge in [-0.05, 0) is 50.1 Å². The summed E-state index contributed by atoms with van der Waals surface area (Å²) in [4.78, 5) is 0. The summed E-state index contributed by atoms with van der Waals surface area (Å²) in [5.41, 5.74) is 11.8. The average Bonchev–Trinajstić information content (AvgIpc) is 2.64. The molecule has 1 unspecified atom stereocenters. The van der Waals surface area contributed by atoms with E-state index in [1.54, 1.807) is 0 Å². The number of fused-ring (bicyclic) bond motifs is 5. The van der Waals surface area contributed by atoms with Gasteiger partial charge in [0.1, 0.15) is 19.9 Å². The molecule has 2 aliphatic heterocycles. The molecule has 2 aromatic carbocycles. The van der Waals surface area contributed by atoms with Gasteiger partial charge in [0.05, 0.1) is 5.54 Å². The second-order valence-corrected chi connectivity index (χ2v) is 14.7. The van der Waals surface area contributed by atoms with Crippen molar-refractivity contribution in [1.29, 1.82) is 0 Å². The van der Waals surface area contributed by atoms with Gasteiger partial charge < -0.3 is 10.1 Å². The van der Waals surface area contributed by atoms with Crippen molar-refractivity contribution < 1.29 is 4.74 Å². The van der Waals surface area contributed by atoms with E-state index in [1.807, 2.05) is 6.08 Å². The van der Waals surface area contributed by atoms with Crippen LogP contribution in [-0.4, -0.2) is 13.6 Å². The first-order valence-corrected chi connectivity index (χ1v) is 14.2. The van der Waals surface area contributed by atoms with E-state index < -0.39 is 8.07 Å². The standard InChI is InChI=1S/C27H31NOSi/c1-8-10-22-26-20(13-14-21-24(26)18(2)17-27(3,4)28-21)25-19(15-16-30(5,6)7)11-9-12-23(25)29-22/h8-9,11-14,17,22,28H,1,10H2,2-7H3. The van der Waals surface area contributed by atoms with Crippen molar-refractivity contribution in [3.8, 4) is 28.3 Å². The van der Waals surface area contributed by atoms with Gasteiger partial charge in [0.25, 0.3) is 0 Å². The van der Waals surface area contributed by atoms with Gasteiger partial charge in [-0.2, -0.15) is 0 Å². The first-order chi connectivity index (χ1) is 14.1. The number of rotatable bonds is 2. The first-order valence-electron chi connectivity index (χ1n) is 10.7. The molecular formula is C27H31NOSi. The lowest BCUT2D eigenvalue weighted by Gasteiger charge is -2.37. The molecule has 1 N–H and O–H groups in total. The molecular weight excluding hydrogens is 382 g/mol. The molecule has 0 aliphatic carbocycles. The zero-order chi connectivity index (χ0) is 21.7. The molecule has 30 heavy (non-hydrogen) atoms. The van der Waals surface area contributed by atoms with Crippen LogP contribution in [0, 0.1) is 11.5 Å². The third-order valence-corrected chi connectivity index (χ3v) is 6.39. The third-order valence-electron chi connectivity index (χ3n) is 5.51. The Morgan fingerprint density at radius 3 is 2.63 bits per heavy atom. The number of hydrogen-bond acceptors (Lipinski definition) is 2. The summed E-state index contributed by atoms with van der Waals surface area (Å²) in [7, 11) is -1.49. The van der Waals surface area contributed by atoms with E-state index in [2.05, 4.69) is 100 Å². The molecule has 2 aliphatic rings. The number of nitrogens with one attached hydrogen (secondary N) is 1. The molecule has 2 aromatic rings. The number of ether oxygens (including phenoxy) is 1. The highest BCUT2D eigenvalue weighted by Gasteiger charge is 2.33. The Labute approximate surface area is 182 Å². The first kappa shape index (κ1) is 20.6. The summed E-state index contributed by atoms with van der Waals surface area (Å²) in [6.07, 6.45) is 4.98. The molecule has 0 aromatic heterocycles. The van der Waals surface area contributed by atoms with Crippen LogP contribution in [0.1, 0.15) is 50.0 Å². The molecule has 0 bridgehead atoms. The zero-order valence-corrected chi connectivity index (χ0v) is 19.9. The van der Waals surface area contributed by atoms with E-state index in [0.717, 1.165) is 23.3 Å². The fraction of sp³-hybridized carbons (Fsp3) is 0.333. The highest BCUT2D eigenvalue weighted by atomic mass is 28.3. The minimum atomic E-state index is -1.49. The Hall–Kier alpha value is -2.70. The maximum absolute atomic E-state index is 6.56. The monoisotopic (exact) mass is 413 g/mol. The predicted molar refractivity (Wildman–Crippen MR) is 132 cm³/mol. The number of anilines is 1. The number of allylic oxidation sites excluding steroid dienone is 1. The van der Waals surface area contributed by atoms with Crippen molar-refractivity contribution in [1.82, 2.24) is 0 Å². The van der Waals surface area contributed by atoms with Crippen molar-refractivity contribution in [3.63, 3.8) is 0 Å². The molecule has 2 nitrogen and oxygen atoms in total. The smallest absolute Gasteiger partial charge is 0.129 e. The molecule has 3 heteroatoms. The highest BCUT2D eigenvalue weighted by Crippen LogP contribution is 2.50. The van der Waals surface area contributed by atoms with E-state index in [0.29, 0.717) is 0 Å². The second kappa shape index (κ2) is 7.21. The fourth-order valence-corrected chi connectivity index (χ4v) is 5.00. The van der Waals surface area contributed by atoms with E-state index >= 15 is 0 Å². The molecule has 0 fully saturated rings. The quantitative estimate of drug-likeness (QED) is 0.319. The molecule has 0 radical (unpaired) electrons. The van der Waals surface area contributed by atoms with Crippen LogP contribution >= 0.6 is 0 Å². The van der Waals surface area contributed by atoms with Crippen LogP contribution in [0.2, 0.25) is 19.6 Å². The van der Waals surface area contributed by atoms with Crippen LogP contribution in [0.15, 0.2) is 49.1 Å². The molecule has 0 saturated heterocycles. The van der Waals surface area contributed by atoms with Gasteiger partial charge in [0, 0.05) is 34.4 Å². The minimum Gasteiger partial charge on any atom is -0.485 e. The molecule has 1 atom stereocenters. The van der Waals surface area contributed by atoms with Gasteiger partial charge in [0.15, 0.2) is 0 Å². The summed E-state index contributed by atoms with van der Waals surface area (Å²) < 4.78 is 6.56. The van der Waals surface area contributed by atoms with Gasteiger partial charge in [-0.15, -0.1) is 12.1 Å². The maximum Gasteiger partial charge on any atom is 0.129 e. The summed E-state index contributed by atoms with van der Waals surface area (Å²) in [5, 5.41) is 3.68. The van der Waals surface area contributed by atoms with Crippen molar-refractivity contribution in [2.24, 2.45) is 0 Å². The maximum atomic E-state index is 6.56. The van der Waals surface area contributed by atoms with Gasteiger partial charge in [-0.25, -0.2) is 0 Å². The zero-order valence-electron chi connectivity index (χ0n) is 18.9. The van der Waals surface area contributed by atoms with E-state index in [-0.39, 0.29) is 11.6 Å². The van der Waals surface area contributed by atoms with E-state index in [1.165, 1.54) is 28.0 Å². The average molecular weight is 414 g/mol. The molecule has 0 amide bonds. The van der Waals surface area contributed by atoms with Crippen molar-refractivity contribution in [2.75, 3.05) is 5.32 Å². The largest absolute Gasteiger partial charge is 0.485 e. The van der Waals surface area contributed by atoms with Crippen LogP contribution in [0.25, 0.3) is 16.7 Å². The van der Waals surface area contributed by atoms with Crippen molar-refractivity contribution in [3.05, 3.63) is 65.8 Å². The topological polar surface area (TPSA) is 21.3 Å². The van der Waals surface area contributed by atoms with E-state index in [9.17, 15) is 0 Å².